The number of nitrogens with zero attached hydrogens (tertiary/aromatic N) is 3. The summed E-state index contributed by atoms with van der Waals surface area (Å²) in [7, 11) is 1.80. The van der Waals surface area contributed by atoms with Crippen molar-refractivity contribution < 1.29 is 19.8 Å². The maximum absolute atomic E-state index is 12.5. The highest BCUT2D eigenvalue weighted by atomic mass is 16.4. The van der Waals surface area contributed by atoms with E-state index in [0.29, 0.717) is 0 Å². The van der Waals surface area contributed by atoms with Crippen LogP contribution in [0.4, 0.5) is 0 Å². The van der Waals surface area contributed by atoms with Crippen molar-refractivity contribution in [2.24, 2.45) is 18.9 Å². The molecule has 1 saturated heterocycles. The fourth-order valence-electron chi connectivity index (χ4n) is 4.29. The van der Waals surface area contributed by atoms with Gasteiger partial charge in [-0.1, -0.05) is 19.3 Å². The topological polar surface area (TPSA) is 95.7 Å². The molecule has 1 aliphatic carbocycles. The summed E-state index contributed by atoms with van der Waals surface area (Å²) in [6.45, 7) is 2.08. The van der Waals surface area contributed by atoms with E-state index in [1.807, 2.05) is 6.92 Å². The second kappa shape index (κ2) is 7.15. The number of rotatable bonds is 5. The number of hydrogen-bond acceptors (Lipinski definition) is 4. The summed E-state index contributed by atoms with van der Waals surface area (Å²) < 4.78 is 1.69. The Morgan fingerprint density at radius 2 is 2.04 bits per heavy atom. The number of carboxylic acids is 1. The number of aliphatic hydroxyl groups is 1. The molecule has 0 radical (unpaired) electrons. The molecular weight excluding hydrogens is 322 g/mol. The molecule has 1 aromatic rings. The number of carboxylic acid groups (broad SMARTS) is 1. The van der Waals surface area contributed by atoms with E-state index in [1.54, 1.807) is 22.8 Å². The van der Waals surface area contributed by atoms with Crippen LogP contribution in [-0.2, 0) is 16.6 Å². The van der Waals surface area contributed by atoms with E-state index < -0.39 is 24.0 Å². The van der Waals surface area contributed by atoms with E-state index in [1.165, 1.54) is 6.42 Å². The minimum Gasteiger partial charge on any atom is -0.481 e. The monoisotopic (exact) mass is 349 g/mol. The molecule has 3 rings (SSSR count). The SMILES string of the molecule is Cc1c([C@@H]2[C@@H](C(=O)O)CC(=O)N2CC(O)C2CCCCC2)cnn1C. The average molecular weight is 349 g/mol. The molecule has 2 N–H and O–H groups in total. The first-order chi connectivity index (χ1) is 11.9. The Morgan fingerprint density at radius 1 is 1.36 bits per heavy atom. The van der Waals surface area contributed by atoms with Crippen LogP contribution in [0.5, 0.6) is 0 Å². The lowest BCUT2D eigenvalue weighted by atomic mass is 9.85. The molecule has 2 heterocycles. The Hall–Kier alpha value is -1.89. The molecule has 2 fully saturated rings. The van der Waals surface area contributed by atoms with Crippen LogP contribution >= 0.6 is 0 Å². The van der Waals surface area contributed by atoms with Crippen molar-refractivity contribution >= 4 is 11.9 Å². The number of aliphatic carboxylic acids is 1. The van der Waals surface area contributed by atoms with Gasteiger partial charge in [-0.05, 0) is 25.7 Å². The number of likely N-dealkylation sites (tertiary alicyclic amines) is 1. The highest BCUT2D eigenvalue weighted by Crippen LogP contribution is 2.40. The van der Waals surface area contributed by atoms with Gasteiger partial charge in [0.05, 0.1) is 24.3 Å². The molecule has 1 amide bonds. The fraction of sp³-hybridized carbons (Fsp3) is 0.722. The number of carbonyl (C=O) groups excluding carboxylic acids is 1. The standard InChI is InChI=1S/C18H27N3O4/c1-11-14(9-19-20(11)2)17-13(18(24)25)8-16(23)21(17)10-15(22)12-6-4-3-5-7-12/h9,12-13,15,17,22H,3-8,10H2,1-2H3,(H,24,25)/t13-,15?,17-/m0/s1. The third-order valence-corrected chi connectivity index (χ3v) is 5.92. The normalized spacial score (nSPS) is 26.2. The summed E-state index contributed by atoms with van der Waals surface area (Å²) in [6, 6.07) is -0.558. The molecule has 1 saturated carbocycles. The Labute approximate surface area is 147 Å². The van der Waals surface area contributed by atoms with E-state index in [2.05, 4.69) is 5.10 Å². The summed E-state index contributed by atoms with van der Waals surface area (Å²) in [6.07, 6.45) is 6.39. The molecule has 0 bridgehead atoms. The molecule has 3 atom stereocenters. The fourth-order valence-corrected chi connectivity index (χ4v) is 4.29. The zero-order valence-electron chi connectivity index (χ0n) is 14.9. The number of aromatic nitrogens is 2. The highest BCUT2D eigenvalue weighted by molar-refractivity contribution is 5.87. The van der Waals surface area contributed by atoms with Gasteiger partial charge in [0.15, 0.2) is 0 Å². The first-order valence-corrected chi connectivity index (χ1v) is 9.09. The van der Waals surface area contributed by atoms with Crippen LogP contribution in [-0.4, -0.2) is 49.4 Å². The molecule has 7 nitrogen and oxygen atoms in total. The van der Waals surface area contributed by atoms with Gasteiger partial charge in [0.1, 0.15) is 0 Å². The van der Waals surface area contributed by atoms with Gasteiger partial charge in [0, 0.05) is 31.3 Å². The number of aliphatic hydroxyl groups excluding tert-OH is 1. The van der Waals surface area contributed by atoms with Crippen molar-refractivity contribution in [1.29, 1.82) is 0 Å². The predicted molar refractivity (Wildman–Crippen MR) is 90.7 cm³/mol. The first-order valence-electron chi connectivity index (χ1n) is 9.09. The van der Waals surface area contributed by atoms with Crippen molar-refractivity contribution in [3.8, 4) is 0 Å². The minimum atomic E-state index is -0.976. The summed E-state index contributed by atoms with van der Waals surface area (Å²) in [5.41, 5.74) is 1.61. The van der Waals surface area contributed by atoms with Crippen molar-refractivity contribution in [1.82, 2.24) is 14.7 Å². The molecule has 0 spiro atoms. The van der Waals surface area contributed by atoms with Gasteiger partial charge in [-0.2, -0.15) is 5.10 Å². The minimum absolute atomic E-state index is 0.0221. The Kier molecular flexibility index (Phi) is 5.13. The number of aryl methyl sites for hydroxylation is 1. The molecule has 7 heteroatoms. The van der Waals surface area contributed by atoms with Gasteiger partial charge in [0.25, 0.3) is 0 Å². The molecule has 25 heavy (non-hydrogen) atoms. The zero-order chi connectivity index (χ0) is 18.1. The third kappa shape index (κ3) is 3.42. The highest BCUT2D eigenvalue weighted by Gasteiger charge is 2.46. The average Bonchev–Trinajstić information content (AvgIpc) is 3.09. The molecule has 2 aliphatic rings. The maximum Gasteiger partial charge on any atom is 0.309 e. The largest absolute Gasteiger partial charge is 0.481 e. The van der Waals surface area contributed by atoms with Crippen LogP contribution in [0.2, 0.25) is 0 Å². The van der Waals surface area contributed by atoms with E-state index >= 15 is 0 Å². The maximum atomic E-state index is 12.5. The number of amides is 1. The predicted octanol–water partition coefficient (Wildman–Crippen LogP) is 1.64. The summed E-state index contributed by atoms with van der Waals surface area (Å²) in [4.78, 5) is 25.8. The van der Waals surface area contributed by atoms with Gasteiger partial charge in [-0.3, -0.25) is 14.3 Å². The lowest BCUT2D eigenvalue weighted by molar-refractivity contribution is -0.142. The second-order valence-corrected chi connectivity index (χ2v) is 7.41. The lowest BCUT2D eigenvalue weighted by Gasteiger charge is -2.33. The molecule has 1 unspecified atom stereocenters. The van der Waals surface area contributed by atoms with Gasteiger partial charge in [-0.15, -0.1) is 0 Å². The number of β-amino-alcohol motifs (C(OH)–C–C–N with tert-alkyl or cyclic N) is 1. The quantitative estimate of drug-likeness (QED) is 0.842. The molecule has 1 aromatic heterocycles. The van der Waals surface area contributed by atoms with Crippen molar-refractivity contribution in [3.05, 3.63) is 17.5 Å². The van der Waals surface area contributed by atoms with Gasteiger partial charge in [0.2, 0.25) is 5.91 Å². The second-order valence-electron chi connectivity index (χ2n) is 7.41. The summed E-state index contributed by atoms with van der Waals surface area (Å²) in [5.74, 6) is -1.78. The van der Waals surface area contributed by atoms with Gasteiger partial charge < -0.3 is 15.1 Å². The lowest BCUT2D eigenvalue weighted by Crippen LogP contribution is -2.40. The van der Waals surface area contributed by atoms with Crippen LogP contribution in [0.1, 0.15) is 55.8 Å². The van der Waals surface area contributed by atoms with E-state index in [9.17, 15) is 19.8 Å². The first kappa shape index (κ1) is 17.9. The zero-order valence-corrected chi connectivity index (χ0v) is 14.9. The van der Waals surface area contributed by atoms with Gasteiger partial charge >= 0.3 is 5.97 Å². The van der Waals surface area contributed by atoms with Crippen LogP contribution in [0, 0.1) is 18.8 Å². The Balaban J connectivity index is 1.85. The smallest absolute Gasteiger partial charge is 0.309 e. The van der Waals surface area contributed by atoms with Crippen molar-refractivity contribution in [2.45, 2.75) is 57.6 Å². The van der Waals surface area contributed by atoms with Gasteiger partial charge in [-0.25, -0.2) is 0 Å². The van der Waals surface area contributed by atoms with Crippen LogP contribution in [0.25, 0.3) is 0 Å². The number of hydrogen-bond donors (Lipinski definition) is 2. The molecule has 0 aromatic carbocycles. The Bertz CT molecular complexity index is 651. The van der Waals surface area contributed by atoms with Crippen LogP contribution in [0.3, 0.4) is 0 Å². The molecular formula is C18H27N3O4. The van der Waals surface area contributed by atoms with E-state index in [4.69, 9.17) is 0 Å². The van der Waals surface area contributed by atoms with Crippen molar-refractivity contribution in [2.75, 3.05) is 6.54 Å². The van der Waals surface area contributed by atoms with E-state index in [-0.39, 0.29) is 24.8 Å². The summed E-state index contributed by atoms with van der Waals surface area (Å²) in [5, 5.41) is 24.5. The van der Waals surface area contributed by atoms with Crippen LogP contribution < -0.4 is 0 Å². The number of carbonyl (C=O) groups is 2. The third-order valence-electron chi connectivity index (χ3n) is 5.92. The Morgan fingerprint density at radius 3 is 2.60 bits per heavy atom. The molecule has 138 valence electrons. The van der Waals surface area contributed by atoms with Crippen molar-refractivity contribution in [3.63, 3.8) is 0 Å². The van der Waals surface area contributed by atoms with Crippen LogP contribution in [0.15, 0.2) is 6.20 Å². The molecule has 1 aliphatic heterocycles. The van der Waals surface area contributed by atoms with E-state index in [0.717, 1.165) is 36.9 Å². The summed E-state index contributed by atoms with van der Waals surface area (Å²) >= 11 is 0.